The highest BCUT2D eigenvalue weighted by molar-refractivity contribution is 9.10. The van der Waals surface area contributed by atoms with Crippen molar-refractivity contribution in [3.8, 4) is 11.5 Å². The number of nitrogens with zero attached hydrogens (tertiary/aromatic N) is 2. The van der Waals surface area contributed by atoms with Gasteiger partial charge in [0, 0.05) is 16.6 Å². The Kier molecular flexibility index (Phi) is 6.02. The summed E-state index contributed by atoms with van der Waals surface area (Å²) in [6, 6.07) is 7.63. The second kappa shape index (κ2) is 7.78. The Labute approximate surface area is 142 Å². The van der Waals surface area contributed by atoms with Gasteiger partial charge in [-0.15, -0.1) is 10.2 Å². The summed E-state index contributed by atoms with van der Waals surface area (Å²) in [5.41, 5.74) is 0.839. The Hall–Kier alpha value is -1.34. The second-order valence-corrected chi connectivity index (χ2v) is 7.49. The smallest absolute Gasteiger partial charge is 0.277 e. The first-order valence-electron chi connectivity index (χ1n) is 6.99. The molecule has 0 aliphatic heterocycles. The van der Waals surface area contributed by atoms with Crippen molar-refractivity contribution in [2.24, 2.45) is 5.92 Å². The van der Waals surface area contributed by atoms with E-state index >= 15 is 0 Å². The fourth-order valence-corrected chi connectivity index (χ4v) is 2.76. The van der Waals surface area contributed by atoms with E-state index in [1.807, 2.05) is 31.2 Å². The number of carbonyl (C=O) groups is 1. The van der Waals surface area contributed by atoms with Crippen LogP contribution in [-0.2, 0) is 4.79 Å². The second-order valence-electron chi connectivity index (χ2n) is 5.28. The average molecular weight is 384 g/mol. The van der Waals surface area contributed by atoms with Gasteiger partial charge >= 0.3 is 0 Å². The number of amides is 1. The molecular formula is C15H18BrN3O2S. The molecule has 1 heterocycles. The van der Waals surface area contributed by atoms with Crippen LogP contribution in [0.5, 0.6) is 0 Å². The minimum Gasteiger partial charge on any atom is -0.411 e. The quantitative estimate of drug-likeness (QED) is 0.769. The number of carbonyl (C=O) groups excluding carboxylic acids is 1. The summed E-state index contributed by atoms with van der Waals surface area (Å²) >= 11 is 4.67. The molecule has 0 spiro atoms. The molecule has 1 atom stereocenters. The molecule has 1 aromatic heterocycles. The molecule has 1 aromatic carbocycles. The van der Waals surface area contributed by atoms with E-state index in [1.165, 1.54) is 11.8 Å². The van der Waals surface area contributed by atoms with Crippen LogP contribution in [0.2, 0.25) is 0 Å². The highest BCUT2D eigenvalue weighted by atomic mass is 79.9. The lowest BCUT2D eigenvalue weighted by molar-refractivity contribution is -0.120. The SMILES string of the molecule is CC(C)CNC(=O)[C@H](C)Sc1nnc(-c2cccc(Br)c2)o1. The van der Waals surface area contributed by atoms with Crippen LogP contribution >= 0.6 is 27.7 Å². The van der Waals surface area contributed by atoms with E-state index in [1.54, 1.807) is 0 Å². The molecule has 2 rings (SSSR count). The molecule has 2 aromatic rings. The van der Waals surface area contributed by atoms with Crippen molar-refractivity contribution in [1.82, 2.24) is 15.5 Å². The summed E-state index contributed by atoms with van der Waals surface area (Å²) in [7, 11) is 0. The van der Waals surface area contributed by atoms with Crippen molar-refractivity contribution in [2.75, 3.05) is 6.54 Å². The summed E-state index contributed by atoms with van der Waals surface area (Å²) in [5.74, 6) is 0.840. The summed E-state index contributed by atoms with van der Waals surface area (Å²) < 4.78 is 6.55. The molecule has 1 N–H and O–H groups in total. The van der Waals surface area contributed by atoms with Crippen molar-refractivity contribution < 1.29 is 9.21 Å². The molecule has 7 heteroatoms. The fourth-order valence-electron chi connectivity index (χ4n) is 1.65. The molecule has 5 nitrogen and oxygen atoms in total. The normalized spacial score (nSPS) is 12.4. The van der Waals surface area contributed by atoms with Crippen molar-refractivity contribution in [1.29, 1.82) is 0 Å². The Morgan fingerprint density at radius 2 is 2.14 bits per heavy atom. The number of rotatable bonds is 6. The Morgan fingerprint density at radius 3 is 2.82 bits per heavy atom. The third-order valence-electron chi connectivity index (χ3n) is 2.81. The van der Waals surface area contributed by atoms with Crippen LogP contribution in [-0.4, -0.2) is 27.9 Å². The summed E-state index contributed by atoms with van der Waals surface area (Å²) in [5, 5.41) is 11.0. The molecule has 1 amide bonds. The van der Waals surface area contributed by atoms with Gasteiger partial charge in [-0.25, -0.2) is 0 Å². The number of halogens is 1. The van der Waals surface area contributed by atoms with Crippen LogP contribution in [0.1, 0.15) is 20.8 Å². The Bertz CT molecular complexity index is 645. The van der Waals surface area contributed by atoms with Crippen LogP contribution in [0.15, 0.2) is 38.4 Å². The number of thioether (sulfide) groups is 1. The Balaban J connectivity index is 1.98. The van der Waals surface area contributed by atoms with Gasteiger partial charge in [-0.3, -0.25) is 4.79 Å². The molecule has 0 saturated heterocycles. The lowest BCUT2D eigenvalue weighted by Gasteiger charge is -2.11. The maximum absolute atomic E-state index is 11.9. The van der Waals surface area contributed by atoms with Crippen molar-refractivity contribution in [2.45, 2.75) is 31.2 Å². The van der Waals surface area contributed by atoms with E-state index in [0.29, 0.717) is 23.6 Å². The van der Waals surface area contributed by atoms with Gasteiger partial charge < -0.3 is 9.73 Å². The third-order valence-corrected chi connectivity index (χ3v) is 4.24. The molecule has 0 saturated carbocycles. The lowest BCUT2D eigenvalue weighted by atomic mass is 10.2. The van der Waals surface area contributed by atoms with Crippen molar-refractivity contribution in [3.63, 3.8) is 0 Å². The molecule has 0 bridgehead atoms. The zero-order valence-corrected chi connectivity index (χ0v) is 15.1. The van der Waals surface area contributed by atoms with Crippen LogP contribution in [0, 0.1) is 5.92 Å². The van der Waals surface area contributed by atoms with Gasteiger partial charge in [0.05, 0.1) is 5.25 Å². The molecule has 0 radical (unpaired) electrons. The first kappa shape index (κ1) is 17.0. The molecule has 0 unspecified atom stereocenters. The third kappa shape index (κ3) is 4.84. The maximum Gasteiger partial charge on any atom is 0.277 e. The van der Waals surface area contributed by atoms with Gasteiger partial charge in [0.1, 0.15) is 0 Å². The molecule has 118 valence electrons. The number of hydrogen-bond acceptors (Lipinski definition) is 5. The van der Waals surface area contributed by atoms with E-state index in [2.05, 4.69) is 45.3 Å². The zero-order valence-electron chi connectivity index (χ0n) is 12.7. The van der Waals surface area contributed by atoms with Crippen LogP contribution < -0.4 is 5.32 Å². The molecular weight excluding hydrogens is 366 g/mol. The predicted molar refractivity (Wildman–Crippen MR) is 90.6 cm³/mol. The molecule has 0 fully saturated rings. The standard InChI is InChI=1S/C15H18BrN3O2S/c1-9(2)8-17-13(20)10(3)22-15-19-18-14(21-15)11-5-4-6-12(16)7-11/h4-7,9-10H,8H2,1-3H3,(H,17,20)/t10-/m0/s1. The fraction of sp³-hybridized carbons (Fsp3) is 0.400. The molecule has 0 aliphatic carbocycles. The minimum absolute atomic E-state index is 0.0269. The molecule has 22 heavy (non-hydrogen) atoms. The summed E-state index contributed by atoms with van der Waals surface area (Å²) in [6.07, 6.45) is 0. The van der Waals surface area contributed by atoms with Crippen LogP contribution in [0.4, 0.5) is 0 Å². The van der Waals surface area contributed by atoms with Crippen molar-refractivity contribution in [3.05, 3.63) is 28.7 Å². The van der Waals surface area contributed by atoms with Gasteiger partial charge in [0.2, 0.25) is 11.8 Å². The van der Waals surface area contributed by atoms with Gasteiger partial charge in [-0.2, -0.15) is 0 Å². The monoisotopic (exact) mass is 383 g/mol. The van der Waals surface area contributed by atoms with Gasteiger partial charge in [-0.1, -0.05) is 47.6 Å². The first-order chi connectivity index (χ1) is 10.5. The van der Waals surface area contributed by atoms with Gasteiger partial charge in [-0.05, 0) is 31.0 Å². The number of aromatic nitrogens is 2. The molecule has 0 aliphatic rings. The van der Waals surface area contributed by atoms with E-state index < -0.39 is 0 Å². The largest absolute Gasteiger partial charge is 0.411 e. The number of benzene rings is 1. The van der Waals surface area contributed by atoms with Gasteiger partial charge in [0.25, 0.3) is 5.22 Å². The van der Waals surface area contributed by atoms with E-state index in [-0.39, 0.29) is 11.2 Å². The van der Waals surface area contributed by atoms with E-state index in [4.69, 9.17) is 4.42 Å². The highest BCUT2D eigenvalue weighted by Gasteiger charge is 2.18. The van der Waals surface area contributed by atoms with E-state index in [9.17, 15) is 4.79 Å². The first-order valence-corrected chi connectivity index (χ1v) is 8.66. The maximum atomic E-state index is 11.9. The summed E-state index contributed by atoms with van der Waals surface area (Å²) in [6.45, 7) is 6.60. The summed E-state index contributed by atoms with van der Waals surface area (Å²) in [4.78, 5) is 11.9. The van der Waals surface area contributed by atoms with Crippen LogP contribution in [0.3, 0.4) is 0 Å². The number of nitrogens with one attached hydrogen (secondary N) is 1. The van der Waals surface area contributed by atoms with Crippen LogP contribution in [0.25, 0.3) is 11.5 Å². The average Bonchev–Trinajstić information content (AvgIpc) is 2.93. The Morgan fingerprint density at radius 1 is 1.36 bits per heavy atom. The lowest BCUT2D eigenvalue weighted by Crippen LogP contribution is -2.33. The van der Waals surface area contributed by atoms with Crippen molar-refractivity contribution >= 4 is 33.6 Å². The van der Waals surface area contributed by atoms with Gasteiger partial charge in [0.15, 0.2) is 0 Å². The highest BCUT2D eigenvalue weighted by Crippen LogP contribution is 2.27. The minimum atomic E-state index is -0.283. The number of hydrogen-bond donors (Lipinski definition) is 1. The van der Waals surface area contributed by atoms with E-state index in [0.717, 1.165) is 10.0 Å². The zero-order chi connectivity index (χ0) is 16.1. The topological polar surface area (TPSA) is 68.0 Å². The predicted octanol–water partition coefficient (Wildman–Crippen LogP) is 3.75.